The van der Waals surface area contributed by atoms with E-state index in [0.29, 0.717) is 0 Å². The van der Waals surface area contributed by atoms with E-state index in [2.05, 4.69) is 13.8 Å². The van der Waals surface area contributed by atoms with Crippen molar-refractivity contribution in [2.45, 2.75) is 59.0 Å². The van der Waals surface area contributed by atoms with Crippen molar-refractivity contribution < 1.29 is 0 Å². The minimum atomic E-state index is -0.240. The molecule has 72 valence electrons. The van der Waals surface area contributed by atoms with Gasteiger partial charge in [0.2, 0.25) is 0 Å². The zero-order valence-corrected chi connectivity index (χ0v) is 9.06. The molecule has 0 radical (unpaired) electrons. The molecule has 0 aromatic carbocycles. The molecule has 1 saturated heterocycles. The maximum atomic E-state index is 11.9. The van der Waals surface area contributed by atoms with E-state index < -0.39 is 0 Å². The number of nitrogens with zero attached hydrogens (tertiary/aromatic N) is 1. The second kappa shape index (κ2) is 2.24. The van der Waals surface area contributed by atoms with Crippen molar-refractivity contribution in [2.24, 2.45) is 5.41 Å². The molecule has 12 heavy (non-hydrogen) atoms. The van der Waals surface area contributed by atoms with E-state index in [1.165, 1.54) is 5.06 Å². The molecule has 1 aliphatic rings. The maximum absolute atomic E-state index is 11.9. The largest absolute Gasteiger partial charge is 0.784 e. The Balaban J connectivity index is 3.05. The van der Waals surface area contributed by atoms with Crippen molar-refractivity contribution in [3.63, 3.8) is 0 Å². The van der Waals surface area contributed by atoms with Gasteiger partial charge in [0.25, 0.3) is 0 Å². The van der Waals surface area contributed by atoms with Crippen LogP contribution in [0.4, 0.5) is 0 Å². The minimum absolute atomic E-state index is 0.109. The van der Waals surface area contributed by atoms with Crippen LogP contribution in [0.25, 0.3) is 0 Å². The summed E-state index contributed by atoms with van der Waals surface area (Å²) in [5, 5.41) is 13.1. The summed E-state index contributed by atoms with van der Waals surface area (Å²) in [5.74, 6) is 0. The summed E-state index contributed by atoms with van der Waals surface area (Å²) in [6.07, 6.45) is 0.969. The molecule has 0 N–H and O–H groups in total. The van der Waals surface area contributed by atoms with Crippen LogP contribution < -0.4 is 0 Å². The molecule has 0 aromatic heterocycles. The minimum Gasteiger partial charge on any atom is -0.784 e. The lowest BCUT2D eigenvalue weighted by Gasteiger charge is -2.49. The van der Waals surface area contributed by atoms with E-state index in [1.54, 1.807) is 0 Å². The van der Waals surface area contributed by atoms with Crippen molar-refractivity contribution in [1.29, 1.82) is 0 Å². The highest BCUT2D eigenvalue weighted by Crippen LogP contribution is 2.51. The topological polar surface area (TPSA) is 26.3 Å². The van der Waals surface area contributed by atoms with Crippen LogP contribution in [-0.2, 0) is 0 Å². The van der Waals surface area contributed by atoms with Crippen LogP contribution in [0.3, 0.4) is 0 Å². The fraction of sp³-hybridized carbons (Fsp3) is 1.00. The summed E-state index contributed by atoms with van der Waals surface area (Å²) in [6, 6.07) is 0. The van der Waals surface area contributed by atoms with E-state index in [1.807, 2.05) is 27.7 Å². The number of rotatable bonds is 0. The van der Waals surface area contributed by atoms with Gasteiger partial charge in [0.15, 0.2) is 0 Å². The predicted molar refractivity (Wildman–Crippen MR) is 51.8 cm³/mol. The fourth-order valence-corrected chi connectivity index (χ4v) is 2.40. The zero-order chi connectivity index (χ0) is 9.78. The molecule has 1 heterocycles. The summed E-state index contributed by atoms with van der Waals surface area (Å²) in [4.78, 5) is 0. The summed E-state index contributed by atoms with van der Waals surface area (Å²) < 4.78 is 0. The first kappa shape index (κ1) is 10.0. The molecule has 1 aliphatic heterocycles. The Labute approximate surface area is 75.5 Å². The van der Waals surface area contributed by atoms with Crippen LogP contribution in [0.2, 0.25) is 0 Å². The monoisotopic (exact) mass is 170 g/mol. The zero-order valence-electron chi connectivity index (χ0n) is 9.06. The van der Waals surface area contributed by atoms with E-state index in [9.17, 15) is 5.21 Å². The normalized spacial score (nSPS) is 32.2. The molecule has 2 heteroatoms. The van der Waals surface area contributed by atoms with Crippen molar-refractivity contribution in [2.75, 3.05) is 0 Å². The molecule has 0 bridgehead atoms. The third-order valence-corrected chi connectivity index (χ3v) is 3.59. The number of hydroxylamine groups is 2. The summed E-state index contributed by atoms with van der Waals surface area (Å²) in [7, 11) is 0. The van der Waals surface area contributed by atoms with Crippen LogP contribution in [0.5, 0.6) is 0 Å². The molecule has 0 atom stereocenters. The molecule has 0 amide bonds. The predicted octanol–water partition coefficient (Wildman–Crippen LogP) is 2.77. The van der Waals surface area contributed by atoms with Crippen LogP contribution in [-0.4, -0.2) is 16.1 Å². The second-order valence-corrected chi connectivity index (χ2v) is 5.73. The van der Waals surface area contributed by atoms with Gasteiger partial charge < -0.3 is 10.3 Å². The SMILES string of the molecule is CC1(C)CC(C)(C)C(C)(C)N1[O-]. The third kappa shape index (κ3) is 1.09. The van der Waals surface area contributed by atoms with Gasteiger partial charge in [-0.25, -0.2) is 0 Å². The molecule has 1 fully saturated rings. The Morgan fingerprint density at radius 1 is 1.00 bits per heavy atom. The van der Waals surface area contributed by atoms with Crippen molar-refractivity contribution in [3.05, 3.63) is 5.21 Å². The van der Waals surface area contributed by atoms with E-state index in [0.717, 1.165) is 6.42 Å². The Morgan fingerprint density at radius 3 is 1.50 bits per heavy atom. The fourth-order valence-electron chi connectivity index (χ4n) is 2.40. The number of hydrogen-bond donors (Lipinski definition) is 0. The van der Waals surface area contributed by atoms with Crippen LogP contribution >= 0.6 is 0 Å². The first-order chi connectivity index (χ1) is 5.11. The molecule has 0 spiro atoms. The summed E-state index contributed by atoms with van der Waals surface area (Å²) >= 11 is 0. The lowest BCUT2D eigenvalue weighted by molar-refractivity contribution is 0.0990. The standard InChI is InChI=1S/C10H20NO/c1-8(2)7-9(3,4)11(12)10(8,5)6/h7H2,1-6H3/q-1. The Bertz CT molecular complexity index is 194. The Hall–Kier alpha value is -0.0800. The van der Waals surface area contributed by atoms with Gasteiger partial charge in [-0.05, 0) is 39.5 Å². The lowest BCUT2D eigenvalue weighted by Crippen LogP contribution is -2.47. The highest BCUT2D eigenvalue weighted by molar-refractivity contribution is 5.10. The highest BCUT2D eigenvalue weighted by Gasteiger charge is 2.51. The van der Waals surface area contributed by atoms with Crippen molar-refractivity contribution in [1.82, 2.24) is 5.06 Å². The summed E-state index contributed by atoms with van der Waals surface area (Å²) in [6.45, 7) is 12.5. The first-order valence-corrected chi connectivity index (χ1v) is 4.59. The Morgan fingerprint density at radius 2 is 1.42 bits per heavy atom. The third-order valence-electron chi connectivity index (χ3n) is 3.59. The molecule has 1 rings (SSSR count). The quantitative estimate of drug-likeness (QED) is 0.558. The van der Waals surface area contributed by atoms with Gasteiger partial charge in [0.1, 0.15) is 0 Å². The molecular weight excluding hydrogens is 150 g/mol. The van der Waals surface area contributed by atoms with Gasteiger partial charge in [-0.1, -0.05) is 13.8 Å². The van der Waals surface area contributed by atoms with Gasteiger partial charge in [0, 0.05) is 11.1 Å². The van der Waals surface area contributed by atoms with Crippen LogP contribution in [0.1, 0.15) is 48.0 Å². The van der Waals surface area contributed by atoms with Gasteiger partial charge in [-0.2, -0.15) is 0 Å². The van der Waals surface area contributed by atoms with Crippen molar-refractivity contribution >= 4 is 0 Å². The van der Waals surface area contributed by atoms with E-state index in [-0.39, 0.29) is 16.5 Å². The molecular formula is C10H20NO-. The van der Waals surface area contributed by atoms with Crippen LogP contribution in [0.15, 0.2) is 0 Å². The second-order valence-electron chi connectivity index (χ2n) is 5.73. The van der Waals surface area contributed by atoms with E-state index >= 15 is 0 Å². The van der Waals surface area contributed by atoms with Gasteiger partial charge in [-0.3, -0.25) is 0 Å². The summed E-state index contributed by atoms with van der Waals surface area (Å²) in [5.41, 5.74) is -0.332. The van der Waals surface area contributed by atoms with Gasteiger partial charge in [-0.15, -0.1) is 0 Å². The van der Waals surface area contributed by atoms with Gasteiger partial charge >= 0.3 is 0 Å². The van der Waals surface area contributed by atoms with Crippen LogP contribution in [0, 0.1) is 10.6 Å². The van der Waals surface area contributed by atoms with Crippen molar-refractivity contribution in [3.8, 4) is 0 Å². The number of hydrogen-bond acceptors (Lipinski definition) is 2. The smallest absolute Gasteiger partial charge is 0.00894 e. The average molecular weight is 170 g/mol. The molecule has 0 aromatic rings. The lowest BCUT2D eigenvalue weighted by atomic mass is 9.74. The average Bonchev–Trinajstić information content (AvgIpc) is 1.90. The molecule has 0 aliphatic carbocycles. The molecule has 0 saturated carbocycles. The molecule has 0 unspecified atom stereocenters. The highest BCUT2D eigenvalue weighted by atomic mass is 16.5. The molecule has 2 nitrogen and oxygen atoms in total. The first-order valence-electron chi connectivity index (χ1n) is 4.59. The van der Waals surface area contributed by atoms with Gasteiger partial charge in [0.05, 0.1) is 0 Å². The maximum Gasteiger partial charge on any atom is 0.00894 e. The van der Waals surface area contributed by atoms with E-state index in [4.69, 9.17) is 0 Å². The Kier molecular flexibility index (Phi) is 1.86.